The zero-order chi connectivity index (χ0) is 18.8. The Kier molecular flexibility index (Phi) is 7.81. The number of nitrogens with zero attached hydrogens (tertiary/aromatic N) is 1. The van der Waals surface area contributed by atoms with Gasteiger partial charge in [-0.15, -0.1) is 0 Å². The van der Waals surface area contributed by atoms with Crippen LogP contribution in [0.25, 0.3) is 0 Å². The Morgan fingerprint density at radius 2 is 1.96 bits per heavy atom. The lowest BCUT2D eigenvalue weighted by molar-refractivity contribution is 0.253. The van der Waals surface area contributed by atoms with Gasteiger partial charge in [0.2, 0.25) is 0 Å². The van der Waals surface area contributed by atoms with Crippen molar-refractivity contribution in [3.8, 4) is 17.6 Å². The summed E-state index contributed by atoms with van der Waals surface area (Å²) in [4.78, 5) is 14.0. The summed E-state index contributed by atoms with van der Waals surface area (Å²) in [6, 6.07) is 14.9. The van der Waals surface area contributed by atoms with Gasteiger partial charge in [-0.25, -0.2) is 4.79 Å². The van der Waals surface area contributed by atoms with Gasteiger partial charge in [0.05, 0.1) is 25.9 Å². The van der Waals surface area contributed by atoms with Crippen LogP contribution in [0.5, 0.6) is 5.75 Å². The van der Waals surface area contributed by atoms with Gasteiger partial charge in [0.1, 0.15) is 5.75 Å². The van der Waals surface area contributed by atoms with E-state index in [0.717, 1.165) is 6.54 Å². The smallest absolute Gasteiger partial charge is 0.320 e. The van der Waals surface area contributed by atoms with Crippen LogP contribution in [0.15, 0.2) is 48.5 Å². The normalized spacial score (nSPS) is 10.0. The van der Waals surface area contributed by atoms with E-state index < -0.39 is 0 Å². The molecule has 0 aliphatic heterocycles. The predicted molar refractivity (Wildman–Crippen MR) is 106 cm³/mol. The van der Waals surface area contributed by atoms with Crippen LogP contribution in [0, 0.1) is 11.8 Å². The number of methoxy groups -OCH3 is 1. The molecule has 2 aromatic carbocycles. The molecule has 0 bridgehead atoms. The highest BCUT2D eigenvalue weighted by atomic mass is 35.5. The molecule has 26 heavy (non-hydrogen) atoms. The van der Waals surface area contributed by atoms with Crippen molar-refractivity contribution in [3.63, 3.8) is 0 Å². The Hall–Kier alpha value is -2.68. The van der Waals surface area contributed by atoms with E-state index in [1.165, 1.54) is 12.7 Å². The van der Waals surface area contributed by atoms with E-state index in [1.54, 1.807) is 18.2 Å². The first-order valence-electron chi connectivity index (χ1n) is 8.15. The van der Waals surface area contributed by atoms with Crippen LogP contribution in [0.1, 0.15) is 5.56 Å². The molecule has 0 unspecified atom stereocenters. The molecule has 0 aliphatic carbocycles. The number of amides is 2. The van der Waals surface area contributed by atoms with Gasteiger partial charge in [-0.2, -0.15) is 0 Å². The maximum absolute atomic E-state index is 11.9. The molecule has 136 valence electrons. The van der Waals surface area contributed by atoms with Gasteiger partial charge < -0.3 is 15.4 Å². The third-order valence-electron chi connectivity index (χ3n) is 3.52. The zero-order valence-corrected chi connectivity index (χ0v) is 15.6. The lowest BCUT2D eigenvalue weighted by Gasteiger charge is -2.12. The fourth-order valence-corrected chi connectivity index (χ4v) is 2.45. The Labute approximate surface area is 159 Å². The molecule has 2 amide bonds. The van der Waals surface area contributed by atoms with E-state index >= 15 is 0 Å². The molecule has 0 saturated carbocycles. The molecular formula is C20H22ClN3O2. The summed E-state index contributed by atoms with van der Waals surface area (Å²) in [6.07, 6.45) is 0. The van der Waals surface area contributed by atoms with Gasteiger partial charge in [-0.1, -0.05) is 53.8 Å². The number of hydrogen-bond donors (Lipinski definition) is 2. The summed E-state index contributed by atoms with van der Waals surface area (Å²) in [5.74, 6) is 6.52. The van der Waals surface area contributed by atoms with Crippen molar-refractivity contribution < 1.29 is 9.53 Å². The average molecular weight is 372 g/mol. The molecule has 2 N–H and O–H groups in total. The molecule has 0 spiro atoms. The third kappa shape index (κ3) is 6.67. The lowest BCUT2D eigenvalue weighted by atomic mass is 10.2. The minimum atomic E-state index is -0.363. The van der Waals surface area contributed by atoms with Crippen molar-refractivity contribution in [2.24, 2.45) is 0 Å². The van der Waals surface area contributed by atoms with Crippen molar-refractivity contribution >= 4 is 23.3 Å². The number of nitrogens with one attached hydrogen (secondary N) is 2. The summed E-state index contributed by atoms with van der Waals surface area (Å²) in [6.45, 7) is 1.71. The molecule has 0 saturated heterocycles. The molecular weight excluding hydrogens is 350 g/mol. The van der Waals surface area contributed by atoms with Crippen LogP contribution in [-0.2, 0) is 6.54 Å². The minimum absolute atomic E-state index is 0.258. The number of carbonyl (C=O) groups excluding carboxylic acids is 1. The Morgan fingerprint density at radius 3 is 2.69 bits per heavy atom. The van der Waals surface area contributed by atoms with Crippen molar-refractivity contribution in [3.05, 3.63) is 59.1 Å². The minimum Gasteiger partial charge on any atom is -0.495 e. The van der Waals surface area contributed by atoms with Crippen molar-refractivity contribution in [2.75, 3.05) is 32.6 Å². The maximum atomic E-state index is 11.9. The van der Waals surface area contributed by atoms with Crippen molar-refractivity contribution in [2.45, 2.75) is 6.54 Å². The molecule has 2 aromatic rings. The molecule has 0 aliphatic rings. The van der Waals surface area contributed by atoms with E-state index in [1.807, 2.05) is 25.2 Å². The van der Waals surface area contributed by atoms with E-state index in [4.69, 9.17) is 16.3 Å². The molecule has 2 rings (SSSR count). The van der Waals surface area contributed by atoms with E-state index in [0.29, 0.717) is 23.0 Å². The van der Waals surface area contributed by atoms with Gasteiger partial charge in [0, 0.05) is 11.6 Å². The lowest BCUT2D eigenvalue weighted by Crippen LogP contribution is -2.29. The average Bonchev–Trinajstić information content (AvgIpc) is 2.62. The molecule has 0 aromatic heterocycles. The topological polar surface area (TPSA) is 53.6 Å². The largest absolute Gasteiger partial charge is 0.495 e. The molecule has 6 heteroatoms. The van der Waals surface area contributed by atoms with E-state index in [2.05, 4.69) is 39.5 Å². The third-order valence-corrected chi connectivity index (χ3v) is 3.75. The molecule has 0 radical (unpaired) electrons. The number of rotatable bonds is 6. The van der Waals surface area contributed by atoms with Crippen LogP contribution in [0.3, 0.4) is 0 Å². The van der Waals surface area contributed by atoms with Crippen molar-refractivity contribution in [1.29, 1.82) is 0 Å². The van der Waals surface area contributed by atoms with E-state index in [9.17, 15) is 4.79 Å². The SMILES string of the molecule is COc1ccc(Cl)cc1NC(=O)NCC#CCN(C)Cc1ccccc1. The molecule has 5 nitrogen and oxygen atoms in total. The maximum Gasteiger partial charge on any atom is 0.320 e. The number of urea groups is 1. The quantitative estimate of drug-likeness (QED) is 0.763. The summed E-state index contributed by atoms with van der Waals surface area (Å²) in [5.41, 5.74) is 1.75. The highest BCUT2D eigenvalue weighted by Crippen LogP contribution is 2.27. The second kappa shape index (κ2) is 10.3. The predicted octanol–water partition coefficient (Wildman–Crippen LogP) is 3.61. The van der Waals surface area contributed by atoms with Crippen molar-refractivity contribution in [1.82, 2.24) is 10.2 Å². The Morgan fingerprint density at radius 1 is 1.19 bits per heavy atom. The van der Waals surface area contributed by atoms with Crippen LogP contribution in [0.4, 0.5) is 10.5 Å². The number of carbonyl (C=O) groups is 1. The second-order valence-corrected chi connectivity index (χ2v) is 6.10. The summed E-state index contributed by atoms with van der Waals surface area (Å²) in [7, 11) is 3.54. The zero-order valence-electron chi connectivity index (χ0n) is 14.9. The fraction of sp³-hybridized carbons (Fsp3) is 0.250. The van der Waals surface area contributed by atoms with Gasteiger partial charge in [0.15, 0.2) is 0 Å². The first kappa shape index (κ1) is 19.6. The fourth-order valence-electron chi connectivity index (χ4n) is 2.27. The van der Waals surface area contributed by atoms with Gasteiger partial charge >= 0.3 is 6.03 Å². The summed E-state index contributed by atoms with van der Waals surface area (Å²) < 4.78 is 5.18. The highest BCUT2D eigenvalue weighted by molar-refractivity contribution is 6.31. The first-order chi connectivity index (χ1) is 12.6. The molecule has 0 fully saturated rings. The van der Waals surface area contributed by atoms with Gasteiger partial charge in [-0.3, -0.25) is 4.90 Å². The van der Waals surface area contributed by atoms with E-state index in [-0.39, 0.29) is 12.6 Å². The molecule has 0 atom stereocenters. The molecule has 0 heterocycles. The van der Waals surface area contributed by atoms with Crippen LogP contribution >= 0.6 is 11.6 Å². The standard InChI is InChI=1S/C20H22ClN3O2/c1-24(15-16-8-4-3-5-9-16)13-7-6-12-22-20(25)23-18-14-17(21)10-11-19(18)26-2/h3-5,8-11,14H,12-13,15H2,1-2H3,(H2,22,23,25). The van der Waals surface area contributed by atoms with Gasteiger partial charge in [-0.05, 0) is 30.8 Å². The Balaban J connectivity index is 1.73. The number of benzene rings is 2. The number of hydrogen-bond acceptors (Lipinski definition) is 3. The summed E-state index contributed by atoms with van der Waals surface area (Å²) in [5, 5.41) is 5.90. The summed E-state index contributed by atoms with van der Waals surface area (Å²) >= 11 is 5.94. The highest BCUT2D eigenvalue weighted by Gasteiger charge is 2.07. The van der Waals surface area contributed by atoms with Crippen LogP contribution in [-0.4, -0.2) is 38.2 Å². The number of ether oxygens (including phenoxy) is 1. The number of halogens is 1. The number of anilines is 1. The van der Waals surface area contributed by atoms with Crippen LogP contribution < -0.4 is 15.4 Å². The van der Waals surface area contributed by atoms with Crippen LogP contribution in [0.2, 0.25) is 5.02 Å². The van der Waals surface area contributed by atoms with Gasteiger partial charge in [0.25, 0.3) is 0 Å². The monoisotopic (exact) mass is 371 g/mol. The second-order valence-electron chi connectivity index (χ2n) is 5.66. The first-order valence-corrected chi connectivity index (χ1v) is 8.53. The Bertz CT molecular complexity index is 785.